The molecule has 2 fully saturated rings. The lowest BCUT2D eigenvalue weighted by Crippen LogP contribution is -2.50. The van der Waals surface area contributed by atoms with E-state index in [1.807, 2.05) is 11.8 Å². The summed E-state index contributed by atoms with van der Waals surface area (Å²) in [5, 5.41) is 0.810. The lowest BCUT2D eigenvalue weighted by Gasteiger charge is -2.36. The van der Waals surface area contributed by atoms with Crippen molar-refractivity contribution in [3.05, 3.63) is 0 Å². The van der Waals surface area contributed by atoms with Gasteiger partial charge in [-0.1, -0.05) is 28.8 Å². The van der Waals surface area contributed by atoms with Gasteiger partial charge in [0.2, 0.25) is 5.91 Å². The monoisotopic (exact) mass is 303 g/mol. The van der Waals surface area contributed by atoms with E-state index in [2.05, 4.69) is 15.9 Å². The van der Waals surface area contributed by atoms with Crippen molar-refractivity contribution in [2.24, 2.45) is 5.92 Å². The standard InChI is InChI=1S/C13H22BrNO2/c1-10-8-15(9-12(7-14)17-10)13(16)6-11-4-2-3-5-11/h10-12H,2-9H2,1H3. The van der Waals surface area contributed by atoms with Gasteiger partial charge in [0.1, 0.15) is 0 Å². The van der Waals surface area contributed by atoms with Crippen LogP contribution in [0.15, 0.2) is 0 Å². The Morgan fingerprint density at radius 1 is 1.35 bits per heavy atom. The van der Waals surface area contributed by atoms with Crippen LogP contribution < -0.4 is 0 Å². The van der Waals surface area contributed by atoms with Crippen LogP contribution >= 0.6 is 15.9 Å². The molecular weight excluding hydrogens is 282 g/mol. The van der Waals surface area contributed by atoms with Crippen LogP contribution in [-0.4, -0.2) is 41.4 Å². The number of hydrogen-bond acceptors (Lipinski definition) is 2. The lowest BCUT2D eigenvalue weighted by atomic mass is 10.0. The van der Waals surface area contributed by atoms with Crippen LogP contribution in [0.3, 0.4) is 0 Å². The van der Waals surface area contributed by atoms with Crippen LogP contribution in [-0.2, 0) is 9.53 Å². The van der Waals surface area contributed by atoms with E-state index in [1.54, 1.807) is 0 Å². The molecule has 1 aliphatic carbocycles. The van der Waals surface area contributed by atoms with Gasteiger partial charge in [-0.15, -0.1) is 0 Å². The number of halogens is 1. The van der Waals surface area contributed by atoms with Crippen molar-refractivity contribution in [3.8, 4) is 0 Å². The Bertz CT molecular complexity index is 266. The molecule has 0 N–H and O–H groups in total. The van der Waals surface area contributed by atoms with Gasteiger partial charge < -0.3 is 9.64 Å². The maximum absolute atomic E-state index is 12.2. The predicted molar refractivity (Wildman–Crippen MR) is 71.3 cm³/mol. The molecule has 3 nitrogen and oxygen atoms in total. The summed E-state index contributed by atoms with van der Waals surface area (Å²) in [6, 6.07) is 0. The summed E-state index contributed by atoms with van der Waals surface area (Å²) in [5.74, 6) is 0.973. The van der Waals surface area contributed by atoms with E-state index in [4.69, 9.17) is 4.74 Å². The number of carbonyl (C=O) groups excluding carboxylic acids is 1. The fraction of sp³-hybridized carbons (Fsp3) is 0.923. The highest BCUT2D eigenvalue weighted by molar-refractivity contribution is 9.09. The molecule has 4 heteroatoms. The summed E-state index contributed by atoms with van der Waals surface area (Å²) in [7, 11) is 0. The number of hydrogen-bond donors (Lipinski definition) is 0. The number of rotatable bonds is 3. The second-order valence-electron chi connectivity index (χ2n) is 5.38. The number of carbonyl (C=O) groups is 1. The highest BCUT2D eigenvalue weighted by atomic mass is 79.9. The van der Waals surface area contributed by atoms with E-state index in [9.17, 15) is 4.79 Å². The van der Waals surface area contributed by atoms with E-state index in [-0.39, 0.29) is 12.2 Å². The molecule has 0 aromatic carbocycles. The van der Waals surface area contributed by atoms with Crippen LogP contribution in [0.4, 0.5) is 0 Å². The Kier molecular flexibility index (Phi) is 4.86. The average molecular weight is 304 g/mol. The zero-order chi connectivity index (χ0) is 12.3. The van der Waals surface area contributed by atoms with E-state index < -0.39 is 0 Å². The molecule has 2 aliphatic rings. The molecule has 2 unspecified atom stereocenters. The quantitative estimate of drug-likeness (QED) is 0.750. The number of amides is 1. The van der Waals surface area contributed by atoms with E-state index in [0.29, 0.717) is 11.8 Å². The Morgan fingerprint density at radius 3 is 2.71 bits per heavy atom. The summed E-state index contributed by atoms with van der Waals surface area (Å²) < 4.78 is 5.75. The first kappa shape index (κ1) is 13.3. The molecule has 1 saturated carbocycles. The molecule has 0 aromatic rings. The molecule has 2 atom stereocenters. The van der Waals surface area contributed by atoms with E-state index >= 15 is 0 Å². The van der Waals surface area contributed by atoms with Gasteiger partial charge in [0, 0.05) is 24.8 Å². The lowest BCUT2D eigenvalue weighted by molar-refractivity contribution is -0.143. The molecule has 98 valence electrons. The van der Waals surface area contributed by atoms with Gasteiger partial charge in [-0.2, -0.15) is 0 Å². The van der Waals surface area contributed by atoms with Crippen molar-refractivity contribution in [3.63, 3.8) is 0 Å². The summed E-state index contributed by atoms with van der Waals surface area (Å²) in [5.41, 5.74) is 0. The molecule has 1 aliphatic heterocycles. The molecule has 0 bridgehead atoms. The number of alkyl halides is 1. The molecule has 2 rings (SSSR count). The fourth-order valence-electron chi connectivity index (χ4n) is 2.92. The summed E-state index contributed by atoms with van der Waals surface area (Å²) in [6.45, 7) is 3.56. The van der Waals surface area contributed by atoms with Crippen LogP contribution in [0.25, 0.3) is 0 Å². The first-order valence-corrected chi connectivity index (χ1v) is 7.80. The topological polar surface area (TPSA) is 29.5 Å². The summed E-state index contributed by atoms with van der Waals surface area (Å²) >= 11 is 3.44. The number of ether oxygens (including phenoxy) is 1. The minimum atomic E-state index is 0.159. The molecule has 0 aromatic heterocycles. The minimum Gasteiger partial charge on any atom is -0.371 e. The largest absolute Gasteiger partial charge is 0.371 e. The SMILES string of the molecule is CC1CN(C(=O)CC2CCCC2)CC(CBr)O1. The third-order valence-electron chi connectivity index (χ3n) is 3.79. The van der Waals surface area contributed by atoms with Crippen LogP contribution in [0.2, 0.25) is 0 Å². The normalized spacial score (nSPS) is 30.8. The smallest absolute Gasteiger partial charge is 0.223 e. The second-order valence-corrected chi connectivity index (χ2v) is 6.02. The summed E-state index contributed by atoms with van der Waals surface area (Å²) in [4.78, 5) is 14.2. The average Bonchev–Trinajstić information content (AvgIpc) is 2.81. The van der Waals surface area contributed by atoms with Crippen molar-refractivity contribution >= 4 is 21.8 Å². The van der Waals surface area contributed by atoms with Gasteiger partial charge in [0.05, 0.1) is 12.2 Å². The Hall–Kier alpha value is -0.0900. The Balaban J connectivity index is 1.84. The minimum absolute atomic E-state index is 0.159. The van der Waals surface area contributed by atoms with Crippen LogP contribution in [0.1, 0.15) is 39.0 Å². The Labute approximate surface area is 112 Å². The van der Waals surface area contributed by atoms with Crippen molar-refractivity contribution in [1.29, 1.82) is 0 Å². The van der Waals surface area contributed by atoms with Gasteiger partial charge >= 0.3 is 0 Å². The van der Waals surface area contributed by atoms with Crippen molar-refractivity contribution < 1.29 is 9.53 Å². The highest BCUT2D eigenvalue weighted by Gasteiger charge is 2.29. The van der Waals surface area contributed by atoms with Crippen molar-refractivity contribution in [2.45, 2.75) is 51.2 Å². The molecule has 0 spiro atoms. The number of morpholine rings is 1. The van der Waals surface area contributed by atoms with Crippen molar-refractivity contribution in [2.75, 3.05) is 18.4 Å². The first-order valence-electron chi connectivity index (χ1n) is 6.68. The third kappa shape index (κ3) is 3.68. The van der Waals surface area contributed by atoms with Gasteiger partial charge in [0.25, 0.3) is 0 Å². The van der Waals surface area contributed by atoms with Crippen LogP contribution in [0.5, 0.6) is 0 Å². The Morgan fingerprint density at radius 2 is 2.06 bits per heavy atom. The molecule has 1 heterocycles. The van der Waals surface area contributed by atoms with Crippen LogP contribution in [0, 0.1) is 5.92 Å². The van der Waals surface area contributed by atoms with E-state index in [1.165, 1.54) is 25.7 Å². The van der Waals surface area contributed by atoms with Crippen molar-refractivity contribution in [1.82, 2.24) is 4.90 Å². The summed E-state index contributed by atoms with van der Waals surface area (Å²) in [6.07, 6.45) is 6.18. The fourth-order valence-corrected chi connectivity index (χ4v) is 3.28. The zero-order valence-electron chi connectivity index (χ0n) is 10.5. The molecule has 1 saturated heterocycles. The van der Waals surface area contributed by atoms with Gasteiger partial charge in [-0.05, 0) is 25.7 Å². The predicted octanol–water partition coefficient (Wildman–Crippen LogP) is 2.58. The molecule has 1 amide bonds. The van der Waals surface area contributed by atoms with Gasteiger partial charge in [-0.25, -0.2) is 0 Å². The first-order chi connectivity index (χ1) is 8.19. The maximum Gasteiger partial charge on any atom is 0.223 e. The van der Waals surface area contributed by atoms with Gasteiger partial charge in [-0.3, -0.25) is 4.79 Å². The highest BCUT2D eigenvalue weighted by Crippen LogP contribution is 2.28. The second kappa shape index (κ2) is 6.19. The maximum atomic E-state index is 12.2. The third-order valence-corrected chi connectivity index (χ3v) is 4.51. The van der Waals surface area contributed by atoms with E-state index in [0.717, 1.165) is 24.8 Å². The van der Waals surface area contributed by atoms with Gasteiger partial charge in [0.15, 0.2) is 0 Å². The number of nitrogens with zero attached hydrogens (tertiary/aromatic N) is 1. The molecule has 0 radical (unpaired) electrons. The molecular formula is C13H22BrNO2. The zero-order valence-corrected chi connectivity index (χ0v) is 12.1. The molecule has 17 heavy (non-hydrogen) atoms.